The Morgan fingerprint density at radius 2 is 2.16 bits per heavy atom. The van der Waals surface area contributed by atoms with Crippen molar-refractivity contribution in [2.24, 2.45) is 0 Å². The number of aromatic nitrogens is 1. The van der Waals surface area contributed by atoms with Gasteiger partial charge in [-0.2, -0.15) is 0 Å². The molecule has 0 aliphatic carbocycles. The molecule has 2 aromatic rings. The van der Waals surface area contributed by atoms with Gasteiger partial charge in [-0.3, -0.25) is 14.9 Å². The van der Waals surface area contributed by atoms with Crippen LogP contribution in [0.15, 0.2) is 35.8 Å². The summed E-state index contributed by atoms with van der Waals surface area (Å²) in [5.41, 5.74) is 1.09. The Labute approximate surface area is 114 Å². The van der Waals surface area contributed by atoms with Crippen molar-refractivity contribution in [3.05, 3.63) is 41.4 Å². The van der Waals surface area contributed by atoms with Gasteiger partial charge in [0.2, 0.25) is 5.91 Å². The Hall–Kier alpha value is -2.21. The zero-order valence-electron chi connectivity index (χ0n) is 10.3. The lowest BCUT2D eigenvalue weighted by molar-refractivity contribution is -0.115. The smallest absolute Gasteiger partial charge is 0.257 e. The van der Waals surface area contributed by atoms with Crippen molar-refractivity contribution >= 4 is 34.0 Å². The van der Waals surface area contributed by atoms with Gasteiger partial charge in [0.25, 0.3) is 5.91 Å². The van der Waals surface area contributed by atoms with E-state index in [1.165, 1.54) is 11.3 Å². The van der Waals surface area contributed by atoms with Gasteiger partial charge in [0.1, 0.15) is 0 Å². The molecule has 0 aliphatic rings. The lowest BCUT2D eigenvalue weighted by Crippen LogP contribution is -2.13. The highest BCUT2D eigenvalue weighted by Gasteiger charge is 2.08. The number of benzene rings is 1. The maximum atomic E-state index is 12.0. The van der Waals surface area contributed by atoms with Crippen molar-refractivity contribution in [3.63, 3.8) is 0 Å². The van der Waals surface area contributed by atoms with Crippen LogP contribution in [0, 0.1) is 0 Å². The lowest BCUT2D eigenvalue weighted by atomic mass is 10.2. The quantitative estimate of drug-likeness (QED) is 0.901. The fourth-order valence-electron chi connectivity index (χ4n) is 1.44. The van der Waals surface area contributed by atoms with E-state index >= 15 is 0 Å². The van der Waals surface area contributed by atoms with Crippen LogP contribution in [0.5, 0.6) is 0 Å². The molecule has 0 bridgehead atoms. The second-order valence-electron chi connectivity index (χ2n) is 3.77. The minimum absolute atomic E-state index is 0.0857. The summed E-state index contributed by atoms with van der Waals surface area (Å²) in [6, 6.07) is 6.79. The highest BCUT2D eigenvalue weighted by atomic mass is 32.1. The monoisotopic (exact) mass is 275 g/mol. The number of amides is 2. The van der Waals surface area contributed by atoms with Gasteiger partial charge >= 0.3 is 0 Å². The van der Waals surface area contributed by atoms with Crippen LogP contribution in [0.1, 0.15) is 23.7 Å². The van der Waals surface area contributed by atoms with Gasteiger partial charge in [-0.1, -0.05) is 13.0 Å². The molecule has 1 heterocycles. The number of nitrogens with zero attached hydrogens (tertiary/aromatic N) is 1. The Bertz CT molecular complexity index is 581. The Kier molecular flexibility index (Phi) is 4.25. The third-order valence-electron chi connectivity index (χ3n) is 2.38. The molecular weight excluding hydrogens is 262 g/mol. The van der Waals surface area contributed by atoms with Crippen molar-refractivity contribution in [2.45, 2.75) is 13.3 Å². The predicted octanol–water partition coefficient (Wildman–Crippen LogP) is 2.74. The summed E-state index contributed by atoms with van der Waals surface area (Å²) in [5, 5.41) is 7.74. The fourth-order valence-corrected chi connectivity index (χ4v) is 1.97. The van der Waals surface area contributed by atoms with Crippen LogP contribution in [0.2, 0.25) is 0 Å². The van der Waals surface area contributed by atoms with E-state index in [9.17, 15) is 9.59 Å². The molecular formula is C13H13N3O2S. The number of anilines is 2. The molecule has 98 valence electrons. The molecule has 5 nitrogen and oxygen atoms in total. The number of hydrogen-bond donors (Lipinski definition) is 2. The first-order chi connectivity index (χ1) is 9.19. The molecule has 2 N–H and O–H groups in total. The number of hydrogen-bond acceptors (Lipinski definition) is 4. The van der Waals surface area contributed by atoms with Crippen molar-refractivity contribution in [3.8, 4) is 0 Å². The average Bonchev–Trinajstić information content (AvgIpc) is 2.91. The van der Waals surface area contributed by atoms with Crippen LogP contribution in [0.3, 0.4) is 0 Å². The Morgan fingerprint density at radius 3 is 2.84 bits per heavy atom. The number of thiazole rings is 1. The van der Waals surface area contributed by atoms with Crippen LogP contribution >= 0.6 is 11.3 Å². The van der Waals surface area contributed by atoms with Gasteiger partial charge in [-0.25, -0.2) is 4.98 Å². The van der Waals surface area contributed by atoms with Crippen molar-refractivity contribution in [2.75, 3.05) is 10.6 Å². The molecule has 2 amide bonds. The second-order valence-corrected chi connectivity index (χ2v) is 4.67. The van der Waals surface area contributed by atoms with E-state index in [4.69, 9.17) is 0 Å². The van der Waals surface area contributed by atoms with Crippen LogP contribution in [0.25, 0.3) is 0 Å². The zero-order valence-corrected chi connectivity index (χ0v) is 11.2. The van der Waals surface area contributed by atoms with Gasteiger partial charge in [-0.05, 0) is 18.2 Å². The first kappa shape index (κ1) is 13.2. The normalized spacial score (nSPS) is 9.95. The first-order valence-corrected chi connectivity index (χ1v) is 6.67. The summed E-state index contributed by atoms with van der Waals surface area (Å²) < 4.78 is 0. The second kappa shape index (κ2) is 6.10. The van der Waals surface area contributed by atoms with Crippen LogP contribution < -0.4 is 10.6 Å². The summed E-state index contributed by atoms with van der Waals surface area (Å²) in [5.74, 6) is -0.333. The van der Waals surface area contributed by atoms with E-state index in [1.807, 2.05) is 0 Å². The molecule has 1 aromatic carbocycles. The average molecular weight is 275 g/mol. The van der Waals surface area contributed by atoms with Crippen LogP contribution in [0.4, 0.5) is 10.8 Å². The molecule has 0 fully saturated rings. The van der Waals surface area contributed by atoms with Gasteiger partial charge in [-0.15, -0.1) is 11.3 Å². The van der Waals surface area contributed by atoms with Gasteiger partial charge in [0, 0.05) is 29.2 Å². The molecule has 0 radical (unpaired) electrons. The first-order valence-electron chi connectivity index (χ1n) is 5.80. The van der Waals surface area contributed by atoms with Crippen LogP contribution in [-0.2, 0) is 4.79 Å². The van der Waals surface area contributed by atoms with E-state index in [1.54, 1.807) is 42.8 Å². The molecule has 0 saturated carbocycles. The maximum Gasteiger partial charge on any atom is 0.257 e. The number of carbonyl (C=O) groups excluding carboxylic acids is 2. The third kappa shape index (κ3) is 3.62. The molecule has 0 saturated heterocycles. The van der Waals surface area contributed by atoms with Gasteiger partial charge in [0.15, 0.2) is 5.13 Å². The zero-order chi connectivity index (χ0) is 13.7. The molecule has 0 spiro atoms. The topological polar surface area (TPSA) is 71.1 Å². The maximum absolute atomic E-state index is 12.0. The molecule has 2 rings (SSSR count). The summed E-state index contributed by atoms with van der Waals surface area (Å²) in [4.78, 5) is 27.2. The predicted molar refractivity (Wildman–Crippen MR) is 75.4 cm³/mol. The van der Waals surface area contributed by atoms with Crippen molar-refractivity contribution < 1.29 is 9.59 Å². The number of rotatable bonds is 4. The molecule has 6 heteroatoms. The highest BCUT2D eigenvalue weighted by molar-refractivity contribution is 7.13. The van der Waals surface area contributed by atoms with E-state index in [2.05, 4.69) is 15.6 Å². The van der Waals surface area contributed by atoms with Gasteiger partial charge in [0.05, 0.1) is 0 Å². The number of nitrogens with one attached hydrogen (secondary N) is 2. The highest BCUT2D eigenvalue weighted by Crippen LogP contribution is 2.15. The fraction of sp³-hybridized carbons (Fsp3) is 0.154. The summed E-state index contributed by atoms with van der Waals surface area (Å²) >= 11 is 1.35. The molecule has 0 aliphatic heterocycles. The SMILES string of the molecule is CCC(=O)Nc1cccc(C(=O)Nc2nccs2)c1. The summed E-state index contributed by atoms with van der Waals surface area (Å²) in [6.45, 7) is 1.77. The molecule has 0 unspecified atom stereocenters. The van der Waals surface area contributed by atoms with Crippen molar-refractivity contribution in [1.29, 1.82) is 0 Å². The largest absolute Gasteiger partial charge is 0.326 e. The minimum Gasteiger partial charge on any atom is -0.326 e. The molecule has 1 aromatic heterocycles. The summed E-state index contributed by atoms with van der Waals surface area (Å²) in [6.07, 6.45) is 2.02. The van der Waals surface area contributed by atoms with E-state index in [0.717, 1.165) is 0 Å². The minimum atomic E-state index is -0.248. The third-order valence-corrected chi connectivity index (χ3v) is 3.07. The summed E-state index contributed by atoms with van der Waals surface area (Å²) in [7, 11) is 0. The van der Waals surface area contributed by atoms with Crippen molar-refractivity contribution in [1.82, 2.24) is 4.98 Å². The molecule has 19 heavy (non-hydrogen) atoms. The van der Waals surface area contributed by atoms with E-state index < -0.39 is 0 Å². The standard InChI is InChI=1S/C13H13N3O2S/c1-2-11(17)15-10-5-3-4-9(8-10)12(18)16-13-14-6-7-19-13/h3-8H,2H2,1H3,(H,15,17)(H,14,16,18). The Morgan fingerprint density at radius 1 is 1.32 bits per heavy atom. The van der Waals surface area contributed by atoms with Crippen LogP contribution in [-0.4, -0.2) is 16.8 Å². The van der Waals surface area contributed by atoms with E-state index in [0.29, 0.717) is 22.8 Å². The number of carbonyl (C=O) groups is 2. The van der Waals surface area contributed by atoms with E-state index in [-0.39, 0.29) is 11.8 Å². The lowest BCUT2D eigenvalue weighted by Gasteiger charge is -2.06. The molecule has 0 atom stereocenters. The Balaban J connectivity index is 2.09. The van der Waals surface area contributed by atoms with Gasteiger partial charge < -0.3 is 5.32 Å².